The van der Waals surface area contributed by atoms with Gasteiger partial charge in [-0.25, -0.2) is 0 Å². The maximum Gasteiger partial charge on any atom is 0.253 e. The van der Waals surface area contributed by atoms with Gasteiger partial charge in [0.2, 0.25) is 0 Å². The average molecular weight is 274 g/mol. The molecule has 2 heterocycles. The summed E-state index contributed by atoms with van der Waals surface area (Å²) in [5.41, 5.74) is 0.745. The quantitative estimate of drug-likeness (QED) is 0.520. The van der Waals surface area contributed by atoms with Crippen LogP contribution in [0.3, 0.4) is 0 Å². The Morgan fingerprint density at radius 3 is 1.65 bits per heavy atom. The van der Waals surface area contributed by atoms with Crippen LogP contribution in [0.5, 0.6) is 0 Å². The van der Waals surface area contributed by atoms with E-state index in [-0.39, 0.29) is 17.7 Å². The number of hydrogen-bond donors (Lipinski definition) is 0. The Morgan fingerprint density at radius 2 is 1.15 bits per heavy atom. The molecule has 0 aromatic heterocycles. The lowest BCUT2D eigenvalue weighted by Gasteiger charge is -2.17. The summed E-state index contributed by atoms with van der Waals surface area (Å²) < 4.78 is 0. The van der Waals surface area contributed by atoms with E-state index in [0.29, 0.717) is 13.1 Å². The maximum atomic E-state index is 11.4. The molecule has 0 aromatic rings. The van der Waals surface area contributed by atoms with Crippen LogP contribution >= 0.6 is 0 Å². The molecular weight excluding hydrogens is 256 g/mol. The minimum Gasteiger partial charge on any atom is -0.309 e. The third-order valence-electron chi connectivity index (χ3n) is 3.45. The smallest absolute Gasteiger partial charge is 0.253 e. The molecule has 20 heavy (non-hydrogen) atoms. The van der Waals surface area contributed by atoms with E-state index in [9.17, 15) is 14.4 Å². The zero-order valence-corrected chi connectivity index (χ0v) is 11.4. The van der Waals surface area contributed by atoms with Gasteiger partial charge in [0, 0.05) is 37.0 Å². The summed E-state index contributed by atoms with van der Waals surface area (Å²) in [6.45, 7) is 4.95. The molecule has 0 N–H and O–H groups in total. The van der Waals surface area contributed by atoms with Crippen molar-refractivity contribution in [2.45, 2.75) is 25.7 Å². The maximum absolute atomic E-state index is 11.4. The molecule has 5 nitrogen and oxygen atoms in total. The molecule has 0 atom stereocenters. The number of allylic oxidation sites excluding steroid dienone is 1. The molecule has 3 amide bonds. The van der Waals surface area contributed by atoms with Crippen molar-refractivity contribution in [2.24, 2.45) is 0 Å². The van der Waals surface area contributed by atoms with E-state index >= 15 is 0 Å². The number of imide groups is 1. The minimum absolute atomic E-state index is 0.00525. The number of hydrogen-bond acceptors (Lipinski definition) is 3. The number of carbonyl (C=O) groups excluding carboxylic acids is 3. The largest absolute Gasteiger partial charge is 0.309 e. The monoisotopic (exact) mass is 274 g/mol. The molecule has 106 valence electrons. The lowest BCUT2D eigenvalue weighted by Crippen LogP contribution is -2.30. The van der Waals surface area contributed by atoms with Gasteiger partial charge in [0.15, 0.2) is 0 Å². The highest BCUT2D eigenvalue weighted by molar-refractivity contribution is 6.12. The Bertz CT molecular complexity index is 423. The molecule has 0 aliphatic carbocycles. The topological polar surface area (TPSA) is 57.7 Å². The van der Waals surface area contributed by atoms with Crippen LogP contribution in [0.4, 0.5) is 0 Å². The number of nitrogens with zero attached hydrogens (tertiary/aromatic N) is 2. The van der Waals surface area contributed by atoms with Crippen LogP contribution in [0.1, 0.15) is 25.7 Å². The standard InChI is InChI=1S/C15H18N2O3/c1-12-6-7-13(18)16(12)10-4-2-3-5-11-17-14(19)8-9-15(17)20/h6-9H,1-5,10-11H2. The third kappa shape index (κ3) is 3.23. The van der Waals surface area contributed by atoms with Gasteiger partial charge in [0.1, 0.15) is 0 Å². The van der Waals surface area contributed by atoms with E-state index in [1.54, 1.807) is 11.0 Å². The van der Waals surface area contributed by atoms with Gasteiger partial charge in [0.25, 0.3) is 17.7 Å². The molecular formula is C15H18N2O3. The Labute approximate surface area is 118 Å². The number of unbranched alkanes of at least 4 members (excludes halogenated alkanes) is 3. The fourth-order valence-corrected chi connectivity index (χ4v) is 2.29. The van der Waals surface area contributed by atoms with Gasteiger partial charge in [-0.05, 0) is 18.9 Å². The van der Waals surface area contributed by atoms with Crippen LogP contribution < -0.4 is 0 Å². The molecule has 2 rings (SSSR count). The number of amides is 3. The summed E-state index contributed by atoms with van der Waals surface area (Å²) in [6, 6.07) is 0. The van der Waals surface area contributed by atoms with Crippen LogP contribution in [0, 0.1) is 0 Å². The second kappa shape index (κ2) is 6.32. The van der Waals surface area contributed by atoms with Crippen LogP contribution in [0.2, 0.25) is 0 Å². The van der Waals surface area contributed by atoms with Crippen LogP contribution in [0.15, 0.2) is 36.6 Å². The van der Waals surface area contributed by atoms with Gasteiger partial charge in [0.05, 0.1) is 0 Å². The first-order chi connectivity index (χ1) is 9.59. The number of rotatable bonds is 7. The van der Waals surface area contributed by atoms with Crippen molar-refractivity contribution in [3.8, 4) is 0 Å². The number of carbonyl (C=O) groups is 3. The first-order valence-electron chi connectivity index (χ1n) is 6.81. The van der Waals surface area contributed by atoms with Crippen molar-refractivity contribution in [3.05, 3.63) is 36.6 Å². The van der Waals surface area contributed by atoms with Crippen molar-refractivity contribution in [2.75, 3.05) is 13.1 Å². The lowest BCUT2D eigenvalue weighted by atomic mass is 10.2. The van der Waals surface area contributed by atoms with Crippen molar-refractivity contribution in [3.63, 3.8) is 0 Å². The van der Waals surface area contributed by atoms with Crippen LogP contribution in [0.25, 0.3) is 0 Å². The fraction of sp³-hybridized carbons (Fsp3) is 0.400. The van der Waals surface area contributed by atoms with Crippen molar-refractivity contribution in [1.29, 1.82) is 0 Å². The molecule has 0 aromatic carbocycles. The van der Waals surface area contributed by atoms with Crippen LogP contribution in [-0.4, -0.2) is 40.6 Å². The van der Waals surface area contributed by atoms with Gasteiger partial charge < -0.3 is 4.90 Å². The molecule has 0 spiro atoms. The predicted octanol–water partition coefficient (Wildman–Crippen LogP) is 1.38. The molecule has 5 heteroatoms. The molecule has 0 bridgehead atoms. The Balaban J connectivity index is 1.56. The summed E-state index contributed by atoms with van der Waals surface area (Å²) >= 11 is 0. The normalized spacial score (nSPS) is 18.0. The fourth-order valence-electron chi connectivity index (χ4n) is 2.29. The lowest BCUT2D eigenvalue weighted by molar-refractivity contribution is -0.136. The summed E-state index contributed by atoms with van der Waals surface area (Å²) in [4.78, 5) is 37.0. The molecule has 0 saturated heterocycles. The van der Waals surface area contributed by atoms with Gasteiger partial charge in [-0.1, -0.05) is 19.4 Å². The third-order valence-corrected chi connectivity index (χ3v) is 3.45. The molecule has 0 fully saturated rings. The van der Waals surface area contributed by atoms with E-state index < -0.39 is 0 Å². The Morgan fingerprint density at radius 1 is 0.700 bits per heavy atom. The van der Waals surface area contributed by atoms with E-state index in [1.807, 2.05) is 0 Å². The zero-order chi connectivity index (χ0) is 14.5. The van der Waals surface area contributed by atoms with Crippen molar-refractivity contribution >= 4 is 17.7 Å². The molecule has 0 unspecified atom stereocenters. The van der Waals surface area contributed by atoms with Crippen molar-refractivity contribution < 1.29 is 14.4 Å². The highest BCUT2D eigenvalue weighted by Gasteiger charge is 2.22. The summed E-state index contributed by atoms with van der Waals surface area (Å²) in [6.07, 6.45) is 9.44. The summed E-state index contributed by atoms with van der Waals surface area (Å²) in [5.74, 6) is -0.450. The highest BCUT2D eigenvalue weighted by atomic mass is 16.2. The summed E-state index contributed by atoms with van der Waals surface area (Å²) in [7, 11) is 0. The molecule has 2 aliphatic heterocycles. The van der Waals surface area contributed by atoms with E-state index in [0.717, 1.165) is 31.4 Å². The molecule has 0 saturated carbocycles. The van der Waals surface area contributed by atoms with E-state index in [1.165, 1.54) is 23.1 Å². The Kier molecular flexibility index (Phi) is 4.50. The highest BCUT2D eigenvalue weighted by Crippen LogP contribution is 2.14. The second-order valence-electron chi connectivity index (χ2n) is 4.89. The minimum atomic E-state index is -0.222. The SMILES string of the molecule is C=C1C=CC(=O)N1CCCCCCN1C(=O)C=CC1=O. The van der Waals surface area contributed by atoms with Gasteiger partial charge >= 0.3 is 0 Å². The molecule has 2 aliphatic rings. The predicted molar refractivity (Wildman–Crippen MR) is 74.3 cm³/mol. The second-order valence-corrected chi connectivity index (χ2v) is 4.89. The Hall–Kier alpha value is -2.17. The van der Waals surface area contributed by atoms with Crippen molar-refractivity contribution in [1.82, 2.24) is 9.80 Å². The van der Waals surface area contributed by atoms with E-state index in [4.69, 9.17) is 0 Å². The van der Waals surface area contributed by atoms with Gasteiger partial charge in [-0.3, -0.25) is 19.3 Å². The average Bonchev–Trinajstić information content (AvgIpc) is 2.90. The van der Waals surface area contributed by atoms with E-state index in [2.05, 4.69) is 6.58 Å². The molecule has 0 radical (unpaired) electrons. The van der Waals surface area contributed by atoms with Crippen LogP contribution in [-0.2, 0) is 14.4 Å². The zero-order valence-electron chi connectivity index (χ0n) is 11.4. The first kappa shape index (κ1) is 14.2. The first-order valence-corrected chi connectivity index (χ1v) is 6.81. The summed E-state index contributed by atoms with van der Waals surface area (Å²) in [5, 5.41) is 0. The van der Waals surface area contributed by atoms with Gasteiger partial charge in [-0.15, -0.1) is 0 Å². The van der Waals surface area contributed by atoms with Gasteiger partial charge in [-0.2, -0.15) is 0 Å².